The van der Waals surface area contributed by atoms with E-state index in [2.05, 4.69) is 28.5 Å². The zero-order valence-corrected chi connectivity index (χ0v) is 23.5. The van der Waals surface area contributed by atoms with Crippen LogP contribution in [0, 0.1) is 17.2 Å². The van der Waals surface area contributed by atoms with Gasteiger partial charge in [-0.3, -0.25) is 10.1 Å². The molecular formula is C28H48N6O4. The van der Waals surface area contributed by atoms with Crippen molar-refractivity contribution in [1.29, 1.82) is 5.26 Å². The molecule has 3 fully saturated rings. The molecule has 10 heteroatoms. The van der Waals surface area contributed by atoms with Crippen LogP contribution in [-0.2, 0) is 14.3 Å². The van der Waals surface area contributed by atoms with Gasteiger partial charge in [-0.25, -0.2) is 9.79 Å². The molecule has 0 unspecified atom stereocenters. The first-order chi connectivity index (χ1) is 18.4. The van der Waals surface area contributed by atoms with Gasteiger partial charge in [-0.05, 0) is 38.6 Å². The molecule has 10 nitrogen and oxygen atoms in total. The fourth-order valence-electron chi connectivity index (χ4n) is 5.48. The van der Waals surface area contributed by atoms with Gasteiger partial charge in [0.2, 0.25) is 11.9 Å². The van der Waals surface area contributed by atoms with Crippen molar-refractivity contribution in [2.24, 2.45) is 10.9 Å². The Labute approximate surface area is 228 Å². The van der Waals surface area contributed by atoms with Crippen LogP contribution < -0.4 is 10.6 Å². The van der Waals surface area contributed by atoms with Crippen molar-refractivity contribution in [1.82, 2.24) is 20.4 Å². The predicted octanol–water partition coefficient (Wildman–Crippen LogP) is 3.42. The molecule has 3 aliphatic rings. The van der Waals surface area contributed by atoms with E-state index in [9.17, 15) is 14.9 Å². The van der Waals surface area contributed by atoms with Gasteiger partial charge >= 0.3 is 6.09 Å². The molecule has 0 spiro atoms. The van der Waals surface area contributed by atoms with Crippen LogP contribution in [0.15, 0.2) is 4.99 Å². The lowest BCUT2D eigenvalue weighted by Gasteiger charge is -2.37. The number of nitriles is 1. The van der Waals surface area contributed by atoms with E-state index in [0.29, 0.717) is 64.1 Å². The number of carbonyl (C=O) groups is 2. The molecule has 2 amide bonds. The van der Waals surface area contributed by atoms with Gasteiger partial charge in [-0.2, -0.15) is 5.26 Å². The van der Waals surface area contributed by atoms with Gasteiger partial charge in [-0.1, -0.05) is 58.3 Å². The highest BCUT2D eigenvalue weighted by Gasteiger charge is 2.38. The Morgan fingerprint density at radius 1 is 1.11 bits per heavy atom. The average Bonchev–Trinajstić information content (AvgIpc) is 2.94. The van der Waals surface area contributed by atoms with E-state index >= 15 is 0 Å². The number of hydrogen-bond acceptors (Lipinski definition) is 7. The van der Waals surface area contributed by atoms with Crippen molar-refractivity contribution < 1.29 is 19.1 Å². The van der Waals surface area contributed by atoms with Crippen LogP contribution in [-0.4, -0.2) is 92.4 Å². The molecule has 0 radical (unpaired) electrons. The zero-order valence-electron chi connectivity index (χ0n) is 23.5. The van der Waals surface area contributed by atoms with Gasteiger partial charge in [-0.15, -0.1) is 0 Å². The zero-order chi connectivity index (χ0) is 27.2. The fraction of sp³-hybridized carbons (Fsp3) is 0.857. The molecular weight excluding hydrogens is 484 g/mol. The third-order valence-corrected chi connectivity index (χ3v) is 8.03. The molecule has 3 rings (SSSR count). The molecule has 2 saturated heterocycles. The normalized spacial score (nSPS) is 21.8. The van der Waals surface area contributed by atoms with Gasteiger partial charge < -0.3 is 24.6 Å². The SMILES string of the molecule is CCCCCCOC(=O)NC(=N[C@@H](CC1CCCCC1)C(=O)NC1(C#N)CCN(C)CC1)N1CCOCC1. The molecule has 1 aliphatic carbocycles. The largest absolute Gasteiger partial charge is 0.449 e. The van der Waals surface area contributed by atoms with Crippen molar-refractivity contribution >= 4 is 18.0 Å². The third kappa shape index (κ3) is 9.73. The Morgan fingerprint density at radius 3 is 2.47 bits per heavy atom. The minimum atomic E-state index is -0.881. The van der Waals surface area contributed by atoms with Crippen molar-refractivity contribution in [3.8, 4) is 6.07 Å². The Morgan fingerprint density at radius 2 is 1.82 bits per heavy atom. The highest BCUT2D eigenvalue weighted by Crippen LogP contribution is 2.29. The van der Waals surface area contributed by atoms with E-state index in [1.807, 2.05) is 11.9 Å². The minimum absolute atomic E-state index is 0.234. The summed E-state index contributed by atoms with van der Waals surface area (Å²) in [6.45, 7) is 6.21. The number of nitrogens with zero attached hydrogens (tertiary/aromatic N) is 4. The second-order valence-corrected chi connectivity index (χ2v) is 11.1. The number of carbonyl (C=O) groups excluding carboxylic acids is 2. The van der Waals surface area contributed by atoms with E-state index in [0.717, 1.165) is 64.5 Å². The van der Waals surface area contributed by atoms with Gasteiger partial charge in [0.05, 0.1) is 25.9 Å². The molecule has 38 heavy (non-hydrogen) atoms. The lowest BCUT2D eigenvalue weighted by molar-refractivity contribution is -0.124. The lowest BCUT2D eigenvalue weighted by Crippen LogP contribution is -2.56. The van der Waals surface area contributed by atoms with Gasteiger partial charge in [0.1, 0.15) is 11.6 Å². The van der Waals surface area contributed by atoms with Crippen LogP contribution in [0.3, 0.4) is 0 Å². The summed E-state index contributed by atoms with van der Waals surface area (Å²) in [7, 11) is 2.03. The van der Waals surface area contributed by atoms with Crippen LogP contribution in [0.1, 0.15) is 84.0 Å². The first-order valence-corrected chi connectivity index (χ1v) is 14.7. The molecule has 1 atom stereocenters. The molecule has 2 N–H and O–H groups in total. The molecule has 0 aromatic heterocycles. The highest BCUT2D eigenvalue weighted by atomic mass is 16.5. The first kappa shape index (κ1) is 30.2. The maximum atomic E-state index is 13.7. The summed E-state index contributed by atoms with van der Waals surface area (Å²) in [5.74, 6) is 0.523. The maximum absolute atomic E-state index is 13.7. The second kappa shape index (κ2) is 15.9. The number of rotatable bonds is 10. The summed E-state index contributed by atoms with van der Waals surface area (Å²) in [6.07, 6.45) is 11.0. The summed E-state index contributed by atoms with van der Waals surface area (Å²) in [4.78, 5) is 35.4. The molecule has 0 aromatic carbocycles. The number of piperidine rings is 1. The number of hydrogen-bond donors (Lipinski definition) is 2. The standard InChI is InChI=1S/C28H48N6O4/c1-3-4-5-9-18-38-27(36)31-26(34-16-19-37-20-17-34)30-24(21-23-10-7-6-8-11-23)25(35)32-28(22-29)12-14-33(2)15-13-28/h23-24H,3-21H2,1-2H3,(H,32,35)(H,30,31,36)/t24-/m0/s1. The van der Waals surface area contributed by atoms with E-state index in [1.54, 1.807) is 0 Å². The summed E-state index contributed by atoms with van der Waals surface area (Å²) in [5.41, 5.74) is -0.881. The summed E-state index contributed by atoms with van der Waals surface area (Å²) in [5, 5.41) is 15.9. The Hall–Kier alpha value is -2.38. The third-order valence-electron chi connectivity index (χ3n) is 8.03. The molecule has 0 bridgehead atoms. The van der Waals surface area contributed by atoms with Crippen LogP contribution in [0.25, 0.3) is 0 Å². The smallest absolute Gasteiger partial charge is 0.413 e. The van der Waals surface area contributed by atoms with E-state index in [-0.39, 0.29) is 5.91 Å². The van der Waals surface area contributed by atoms with Crippen LogP contribution >= 0.6 is 0 Å². The number of nitrogens with one attached hydrogen (secondary N) is 2. The lowest BCUT2D eigenvalue weighted by atomic mass is 9.84. The number of morpholine rings is 1. The van der Waals surface area contributed by atoms with E-state index in [1.165, 1.54) is 6.42 Å². The number of amides is 2. The van der Waals surface area contributed by atoms with Gasteiger partial charge in [0.25, 0.3) is 0 Å². The number of ether oxygens (including phenoxy) is 2. The number of likely N-dealkylation sites (tertiary alicyclic amines) is 1. The molecule has 214 valence electrons. The minimum Gasteiger partial charge on any atom is -0.449 e. The first-order valence-electron chi connectivity index (χ1n) is 14.7. The van der Waals surface area contributed by atoms with E-state index in [4.69, 9.17) is 14.5 Å². The number of guanidine groups is 1. The van der Waals surface area contributed by atoms with Crippen molar-refractivity contribution in [2.45, 2.75) is 95.6 Å². The van der Waals surface area contributed by atoms with Crippen molar-refractivity contribution in [2.75, 3.05) is 53.0 Å². The predicted molar refractivity (Wildman–Crippen MR) is 147 cm³/mol. The molecule has 2 heterocycles. The Kier molecular flexibility index (Phi) is 12.6. The Balaban J connectivity index is 1.77. The summed E-state index contributed by atoms with van der Waals surface area (Å²) in [6, 6.07) is 1.70. The van der Waals surface area contributed by atoms with Crippen molar-refractivity contribution in [3.05, 3.63) is 0 Å². The topological polar surface area (TPSA) is 119 Å². The maximum Gasteiger partial charge on any atom is 0.413 e. The van der Waals surface area contributed by atoms with Crippen molar-refractivity contribution in [3.63, 3.8) is 0 Å². The van der Waals surface area contributed by atoms with Crippen LogP contribution in [0.5, 0.6) is 0 Å². The van der Waals surface area contributed by atoms with E-state index < -0.39 is 17.7 Å². The molecule has 2 aliphatic heterocycles. The second-order valence-electron chi connectivity index (χ2n) is 11.1. The number of alkyl carbamates (subject to hydrolysis) is 1. The molecule has 1 saturated carbocycles. The fourth-order valence-corrected chi connectivity index (χ4v) is 5.48. The molecule has 0 aromatic rings. The monoisotopic (exact) mass is 532 g/mol. The summed E-state index contributed by atoms with van der Waals surface area (Å²) >= 11 is 0. The Bertz CT molecular complexity index is 809. The number of unbranched alkanes of at least 4 members (excludes halogenated alkanes) is 3. The van der Waals surface area contributed by atoms with Gasteiger partial charge in [0.15, 0.2) is 0 Å². The number of aliphatic imine (C=N–C) groups is 1. The average molecular weight is 533 g/mol. The quantitative estimate of drug-likeness (QED) is 0.251. The summed E-state index contributed by atoms with van der Waals surface area (Å²) < 4.78 is 10.9. The highest BCUT2D eigenvalue weighted by molar-refractivity contribution is 5.96. The van der Waals surface area contributed by atoms with Crippen LogP contribution in [0.2, 0.25) is 0 Å². The van der Waals surface area contributed by atoms with Crippen LogP contribution in [0.4, 0.5) is 4.79 Å². The van der Waals surface area contributed by atoms with Gasteiger partial charge in [0, 0.05) is 26.2 Å².